The average molecular weight is 473 g/mol. The van der Waals surface area contributed by atoms with E-state index in [1.807, 2.05) is 0 Å². The van der Waals surface area contributed by atoms with Gasteiger partial charge in [-0.15, -0.1) is 0 Å². The zero-order valence-corrected chi connectivity index (χ0v) is 18.0. The number of rotatable bonds is 5. The number of nitrogens with one attached hydrogen (secondary N) is 3. The third kappa shape index (κ3) is 6.53. The number of hydrogen-bond donors (Lipinski definition) is 3. The molecule has 0 unspecified atom stereocenters. The van der Waals surface area contributed by atoms with E-state index < -0.39 is 23.6 Å². The number of ether oxygens (including phenoxy) is 1. The van der Waals surface area contributed by atoms with E-state index in [1.165, 1.54) is 31.4 Å². The number of hydrogen-bond acceptors (Lipinski definition) is 4. The smallest absolute Gasteiger partial charge is 0.416 e. The van der Waals surface area contributed by atoms with Gasteiger partial charge in [0.25, 0.3) is 11.8 Å². The first kappa shape index (κ1) is 23.7. The molecule has 33 heavy (non-hydrogen) atoms. The van der Waals surface area contributed by atoms with Crippen LogP contribution in [0.15, 0.2) is 72.8 Å². The van der Waals surface area contributed by atoms with Crippen molar-refractivity contribution in [1.82, 2.24) is 5.32 Å². The van der Waals surface area contributed by atoms with Crippen molar-refractivity contribution in [2.45, 2.75) is 6.18 Å². The highest BCUT2D eigenvalue weighted by Gasteiger charge is 2.30. The summed E-state index contributed by atoms with van der Waals surface area (Å²) in [5, 5.41) is 7.76. The molecule has 0 spiro atoms. The lowest BCUT2D eigenvalue weighted by Gasteiger charge is -2.12. The minimum Gasteiger partial charge on any atom is -0.497 e. The minimum absolute atomic E-state index is 0.00579. The number of methoxy groups -OCH3 is 1. The summed E-state index contributed by atoms with van der Waals surface area (Å²) in [5.41, 5.74) is 0.103. The Morgan fingerprint density at radius 2 is 1.45 bits per heavy atom. The number of amides is 2. The zero-order valence-electron chi connectivity index (χ0n) is 17.2. The second-order valence-electron chi connectivity index (χ2n) is 6.75. The van der Waals surface area contributed by atoms with E-state index in [-0.39, 0.29) is 16.4 Å². The Bertz CT molecular complexity index is 1180. The zero-order chi connectivity index (χ0) is 24.0. The maximum Gasteiger partial charge on any atom is 0.416 e. The Labute approximate surface area is 192 Å². The minimum atomic E-state index is -4.52. The molecule has 0 radical (unpaired) electrons. The lowest BCUT2D eigenvalue weighted by atomic mass is 10.1. The van der Waals surface area contributed by atoms with Gasteiger partial charge in [-0.3, -0.25) is 14.9 Å². The predicted octanol–water partition coefficient (Wildman–Crippen LogP) is 5.09. The van der Waals surface area contributed by atoms with Crippen molar-refractivity contribution in [1.29, 1.82) is 0 Å². The van der Waals surface area contributed by atoms with Crippen LogP contribution in [-0.2, 0) is 6.18 Å². The van der Waals surface area contributed by atoms with Crippen LogP contribution in [0.3, 0.4) is 0 Å². The van der Waals surface area contributed by atoms with E-state index in [4.69, 9.17) is 17.0 Å². The van der Waals surface area contributed by atoms with Crippen molar-refractivity contribution in [3.8, 4) is 5.75 Å². The molecule has 6 nitrogen and oxygen atoms in total. The summed E-state index contributed by atoms with van der Waals surface area (Å²) in [6, 6.07) is 16.9. The molecule has 170 valence electrons. The molecule has 0 bridgehead atoms. The van der Waals surface area contributed by atoms with Gasteiger partial charge in [-0.05, 0) is 72.9 Å². The summed E-state index contributed by atoms with van der Waals surface area (Å²) in [7, 11) is 1.52. The first-order chi connectivity index (χ1) is 15.7. The number of halogens is 3. The van der Waals surface area contributed by atoms with Crippen LogP contribution >= 0.6 is 12.2 Å². The van der Waals surface area contributed by atoms with E-state index in [0.717, 1.165) is 12.1 Å². The monoisotopic (exact) mass is 473 g/mol. The fourth-order valence-electron chi connectivity index (χ4n) is 2.79. The van der Waals surface area contributed by atoms with Gasteiger partial charge < -0.3 is 15.4 Å². The molecule has 3 rings (SSSR count). The molecule has 2 amide bonds. The third-order valence-corrected chi connectivity index (χ3v) is 4.61. The average Bonchev–Trinajstić information content (AvgIpc) is 2.78. The molecule has 0 aliphatic rings. The number of carbonyl (C=O) groups excluding carboxylic acids is 2. The van der Waals surface area contributed by atoms with Gasteiger partial charge in [-0.1, -0.05) is 12.1 Å². The Morgan fingerprint density at radius 1 is 0.818 bits per heavy atom. The third-order valence-electron chi connectivity index (χ3n) is 4.41. The Morgan fingerprint density at radius 3 is 2.09 bits per heavy atom. The first-order valence-electron chi connectivity index (χ1n) is 9.51. The lowest BCUT2D eigenvalue weighted by molar-refractivity contribution is -0.137. The van der Waals surface area contributed by atoms with E-state index in [2.05, 4.69) is 16.0 Å². The van der Waals surface area contributed by atoms with Gasteiger partial charge in [0.1, 0.15) is 5.75 Å². The molecule has 3 N–H and O–H groups in total. The molecule has 0 atom stereocenters. The summed E-state index contributed by atoms with van der Waals surface area (Å²) in [6.07, 6.45) is -4.52. The molecule has 3 aromatic carbocycles. The van der Waals surface area contributed by atoms with Gasteiger partial charge >= 0.3 is 6.18 Å². The second kappa shape index (κ2) is 10.1. The van der Waals surface area contributed by atoms with Crippen molar-refractivity contribution >= 4 is 40.5 Å². The molecular formula is C23H18F3N3O3S. The van der Waals surface area contributed by atoms with Crippen molar-refractivity contribution < 1.29 is 27.5 Å². The number of carbonyl (C=O) groups is 2. The predicted molar refractivity (Wildman–Crippen MR) is 123 cm³/mol. The molecular weight excluding hydrogens is 455 g/mol. The quantitative estimate of drug-likeness (QED) is 0.450. The molecule has 0 saturated carbocycles. The normalized spacial score (nSPS) is 10.8. The highest BCUT2D eigenvalue weighted by molar-refractivity contribution is 7.80. The SMILES string of the molecule is COc1ccc(C(=O)NC(=S)Nc2cccc(C(=O)Nc3cccc(C(F)(F)F)c3)c2)cc1. The number of anilines is 2. The van der Waals surface area contributed by atoms with E-state index >= 15 is 0 Å². The molecule has 0 aliphatic carbocycles. The van der Waals surface area contributed by atoms with Gasteiger partial charge in [0.15, 0.2) is 5.11 Å². The van der Waals surface area contributed by atoms with Gasteiger partial charge in [-0.2, -0.15) is 13.2 Å². The molecule has 0 aliphatic heterocycles. The summed E-state index contributed by atoms with van der Waals surface area (Å²) >= 11 is 5.15. The second-order valence-corrected chi connectivity index (χ2v) is 7.16. The molecule has 0 heterocycles. The molecule has 10 heteroatoms. The summed E-state index contributed by atoms with van der Waals surface area (Å²) in [5.74, 6) is -0.438. The van der Waals surface area contributed by atoms with Gasteiger partial charge in [0, 0.05) is 22.5 Å². The van der Waals surface area contributed by atoms with Crippen molar-refractivity contribution in [2.24, 2.45) is 0 Å². The van der Waals surface area contributed by atoms with Gasteiger partial charge in [0.2, 0.25) is 0 Å². The van der Waals surface area contributed by atoms with Crippen LogP contribution in [0.2, 0.25) is 0 Å². The van der Waals surface area contributed by atoms with E-state index in [1.54, 1.807) is 36.4 Å². The molecule has 0 fully saturated rings. The van der Waals surface area contributed by atoms with Crippen LogP contribution < -0.4 is 20.7 Å². The summed E-state index contributed by atoms with van der Waals surface area (Å²) in [6.45, 7) is 0. The van der Waals surface area contributed by atoms with Crippen molar-refractivity contribution in [2.75, 3.05) is 17.7 Å². The molecule has 0 aromatic heterocycles. The van der Waals surface area contributed by atoms with Crippen LogP contribution in [0.5, 0.6) is 5.75 Å². The van der Waals surface area contributed by atoms with Crippen LogP contribution in [-0.4, -0.2) is 24.0 Å². The fraction of sp³-hybridized carbons (Fsp3) is 0.0870. The van der Waals surface area contributed by atoms with Gasteiger partial charge in [-0.25, -0.2) is 0 Å². The fourth-order valence-corrected chi connectivity index (χ4v) is 3.01. The number of thiocarbonyl (C=S) groups is 1. The standard InChI is InChI=1S/C23H18F3N3O3S/c1-32-19-10-8-14(9-11-19)20(30)29-22(33)28-17-6-2-4-15(12-17)21(31)27-18-7-3-5-16(13-18)23(24,25)26/h2-13H,1H3,(H,27,31)(H2,28,29,30,33). The van der Waals surface area contributed by atoms with Crippen LogP contribution in [0.25, 0.3) is 0 Å². The van der Waals surface area contributed by atoms with Crippen LogP contribution in [0, 0.1) is 0 Å². The van der Waals surface area contributed by atoms with Crippen molar-refractivity contribution in [3.63, 3.8) is 0 Å². The molecule has 0 saturated heterocycles. The highest BCUT2D eigenvalue weighted by Crippen LogP contribution is 2.30. The molecule has 3 aromatic rings. The largest absolute Gasteiger partial charge is 0.497 e. The topological polar surface area (TPSA) is 79.5 Å². The van der Waals surface area contributed by atoms with E-state index in [9.17, 15) is 22.8 Å². The Hall–Kier alpha value is -3.92. The van der Waals surface area contributed by atoms with Crippen molar-refractivity contribution in [3.05, 3.63) is 89.5 Å². The summed E-state index contributed by atoms with van der Waals surface area (Å²) in [4.78, 5) is 24.8. The number of alkyl halides is 3. The first-order valence-corrected chi connectivity index (χ1v) is 9.91. The Balaban J connectivity index is 1.63. The van der Waals surface area contributed by atoms with Crippen LogP contribution in [0.4, 0.5) is 24.5 Å². The number of benzene rings is 3. The van der Waals surface area contributed by atoms with Crippen LogP contribution in [0.1, 0.15) is 26.3 Å². The lowest BCUT2D eigenvalue weighted by Crippen LogP contribution is -2.34. The van der Waals surface area contributed by atoms with E-state index in [0.29, 0.717) is 17.0 Å². The van der Waals surface area contributed by atoms with Gasteiger partial charge in [0.05, 0.1) is 12.7 Å². The maximum atomic E-state index is 12.9. The maximum absolute atomic E-state index is 12.9. The highest BCUT2D eigenvalue weighted by atomic mass is 32.1. The Kier molecular flexibility index (Phi) is 7.29. The summed E-state index contributed by atoms with van der Waals surface area (Å²) < 4.78 is 43.6.